The molecule has 1 fully saturated rings. The summed E-state index contributed by atoms with van der Waals surface area (Å²) < 4.78 is 29.0. The highest BCUT2D eigenvalue weighted by Crippen LogP contribution is 2.30. The molecule has 0 atom stereocenters. The minimum atomic E-state index is -2.92. The Morgan fingerprint density at radius 3 is 2.90 bits per heavy atom. The van der Waals surface area contributed by atoms with Gasteiger partial charge in [0.05, 0.1) is 0 Å². The van der Waals surface area contributed by atoms with Gasteiger partial charge in [0.15, 0.2) is 0 Å². The van der Waals surface area contributed by atoms with E-state index < -0.39 is 6.61 Å². The highest BCUT2D eigenvalue weighted by Gasteiger charge is 2.19. The molecule has 0 unspecified atom stereocenters. The van der Waals surface area contributed by atoms with Gasteiger partial charge in [0.2, 0.25) is 0 Å². The fourth-order valence-corrected chi connectivity index (χ4v) is 3.04. The number of alkyl halides is 2. The Kier molecular flexibility index (Phi) is 5.89. The zero-order valence-corrected chi connectivity index (χ0v) is 12.6. The van der Waals surface area contributed by atoms with Gasteiger partial charge in [-0.1, -0.05) is 0 Å². The number of aryl methyl sites for hydroxylation is 1. The van der Waals surface area contributed by atoms with Crippen molar-refractivity contribution in [2.75, 3.05) is 39.3 Å². The van der Waals surface area contributed by atoms with E-state index in [1.807, 2.05) is 0 Å². The smallest absolute Gasteiger partial charge is 0.387 e. The van der Waals surface area contributed by atoms with Gasteiger partial charge in [0.25, 0.3) is 5.91 Å². The normalized spacial score (nSPS) is 16.2. The number of nitrogens with one attached hydrogen (secondary N) is 2. The number of piperazine rings is 1. The van der Waals surface area contributed by atoms with Crippen LogP contribution in [0.25, 0.3) is 0 Å². The van der Waals surface area contributed by atoms with Crippen LogP contribution in [0.1, 0.15) is 14.5 Å². The fraction of sp³-hybridized carbons (Fsp3) is 0.615. The van der Waals surface area contributed by atoms with Crippen molar-refractivity contribution in [1.29, 1.82) is 0 Å². The predicted molar refractivity (Wildman–Crippen MR) is 77.3 cm³/mol. The summed E-state index contributed by atoms with van der Waals surface area (Å²) in [4.78, 5) is 15.3. The lowest BCUT2D eigenvalue weighted by Crippen LogP contribution is -2.46. The van der Waals surface area contributed by atoms with Crippen LogP contribution < -0.4 is 15.4 Å². The minimum Gasteiger partial charge on any atom is -0.433 e. The largest absolute Gasteiger partial charge is 0.433 e. The van der Waals surface area contributed by atoms with Crippen molar-refractivity contribution in [3.63, 3.8) is 0 Å². The van der Waals surface area contributed by atoms with Crippen LogP contribution in [0.2, 0.25) is 0 Å². The minimum absolute atomic E-state index is 0.0489. The van der Waals surface area contributed by atoms with E-state index in [1.54, 1.807) is 6.92 Å². The van der Waals surface area contributed by atoms with Gasteiger partial charge < -0.3 is 15.4 Å². The summed E-state index contributed by atoms with van der Waals surface area (Å²) in [5.74, 6) is -0.411. The second-order valence-electron chi connectivity index (χ2n) is 4.78. The van der Waals surface area contributed by atoms with Gasteiger partial charge in [-0.2, -0.15) is 8.78 Å². The molecule has 0 saturated carbocycles. The molecule has 2 rings (SSSR count). The monoisotopic (exact) mass is 319 g/mol. The Labute approximate surface area is 126 Å². The molecule has 0 radical (unpaired) electrons. The van der Waals surface area contributed by atoms with E-state index >= 15 is 0 Å². The molecule has 0 aromatic carbocycles. The van der Waals surface area contributed by atoms with Crippen molar-refractivity contribution in [3.8, 4) is 5.75 Å². The third-order valence-electron chi connectivity index (χ3n) is 3.17. The summed E-state index contributed by atoms with van der Waals surface area (Å²) in [5.41, 5.74) is 0. The molecule has 1 aromatic rings. The first-order chi connectivity index (χ1) is 10.1. The van der Waals surface area contributed by atoms with E-state index in [0.29, 0.717) is 6.54 Å². The van der Waals surface area contributed by atoms with E-state index in [4.69, 9.17) is 0 Å². The number of nitrogens with zero attached hydrogens (tertiary/aromatic N) is 1. The Morgan fingerprint density at radius 1 is 1.52 bits per heavy atom. The van der Waals surface area contributed by atoms with Crippen LogP contribution in [0.5, 0.6) is 5.75 Å². The maximum Gasteiger partial charge on any atom is 0.387 e. The zero-order chi connectivity index (χ0) is 15.2. The first-order valence-corrected chi connectivity index (χ1v) is 7.64. The summed E-state index contributed by atoms with van der Waals surface area (Å²) in [7, 11) is 0. The van der Waals surface area contributed by atoms with Crippen molar-refractivity contribution in [2.45, 2.75) is 13.5 Å². The quantitative estimate of drug-likeness (QED) is 0.830. The molecule has 8 heteroatoms. The van der Waals surface area contributed by atoms with E-state index in [9.17, 15) is 13.6 Å². The molecule has 1 aliphatic heterocycles. The highest BCUT2D eigenvalue weighted by atomic mass is 32.1. The van der Waals surface area contributed by atoms with Crippen LogP contribution in [0.15, 0.2) is 6.07 Å². The molecule has 118 valence electrons. The highest BCUT2D eigenvalue weighted by molar-refractivity contribution is 7.14. The molecule has 5 nitrogen and oxygen atoms in total. The number of halogens is 2. The molecule has 1 saturated heterocycles. The SMILES string of the molecule is Cc1cc(OC(F)F)c(C(=O)NCCN2CCNCC2)s1. The fourth-order valence-electron chi connectivity index (χ4n) is 2.18. The summed E-state index contributed by atoms with van der Waals surface area (Å²) in [5, 5.41) is 6.01. The second kappa shape index (κ2) is 7.67. The lowest BCUT2D eigenvalue weighted by molar-refractivity contribution is -0.0498. The van der Waals surface area contributed by atoms with E-state index in [2.05, 4.69) is 20.3 Å². The number of ether oxygens (including phenoxy) is 1. The van der Waals surface area contributed by atoms with E-state index in [-0.39, 0.29) is 16.5 Å². The topological polar surface area (TPSA) is 53.6 Å². The summed E-state index contributed by atoms with van der Waals surface area (Å²) in [6.07, 6.45) is 0. The van der Waals surface area contributed by atoms with E-state index in [1.165, 1.54) is 6.07 Å². The van der Waals surface area contributed by atoms with E-state index in [0.717, 1.165) is 48.9 Å². The molecule has 21 heavy (non-hydrogen) atoms. The second-order valence-corrected chi connectivity index (χ2v) is 6.03. The van der Waals surface area contributed by atoms with Gasteiger partial charge >= 0.3 is 6.61 Å². The van der Waals surface area contributed by atoms with Gasteiger partial charge in [-0.25, -0.2) is 0 Å². The van der Waals surface area contributed by atoms with Gasteiger partial charge in [0, 0.05) is 44.1 Å². The number of hydrogen-bond donors (Lipinski definition) is 2. The molecule has 2 heterocycles. The molecule has 2 N–H and O–H groups in total. The first kappa shape index (κ1) is 16.1. The van der Waals surface area contributed by atoms with Gasteiger partial charge in [-0.3, -0.25) is 9.69 Å². The number of carbonyl (C=O) groups is 1. The molecule has 0 bridgehead atoms. The van der Waals surface area contributed by atoms with Crippen molar-refractivity contribution in [3.05, 3.63) is 15.8 Å². The molecule has 0 aliphatic carbocycles. The summed E-state index contributed by atoms with van der Waals surface area (Å²) in [6, 6.07) is 1.46. The van der Waals surface area contributed by atoms with Gasteiger partial charge in [-0.05, 0) is 13.0 Å². The van der Waals surface area contributed by atoms with Gasteiger partial charge in [0.1, 0.15) is 10.6 Å². The van der Waals surface area contributed by atoms with Crippen molar-refractivity contribution in [1.82, 2.24) is 15.5 Å². The number of thiophene rings is 1. The van der Waals surface area contributed by atoms with Crippen LogP contribution in [-0.2, 0) is 0 Å². The third-order valence-corrected chi connectivity index (χ3v) is 4.20. The van der Waals surface area contributed by atoms with Crippen LogP contribution in [0.4, 0.5) is 8.78 Å². The lowest BCUT2D eigenvalue weighted by atomic mass is 10.3. The van der Waals surface area contributed by atoms with Crippen molar-refractivity contribution < 1.29 is 18.3 Å². The predicted octanol–water partition coefficient (Wildman–Crippen LogP) is 1.29. The van der Waals surface area contributed by atoms with Crippen molar-refractivity contribution in [2.24, 2.45) is 0 Å². The molecule has 0 spiro atoms. The zero-order valence-electron chi connectivity index (χ0n) is 11.8. The summed E-state index contributed by atoms with van der Waals surface area (Å²) in [6.45, 7) is 3.87. The van der Waals surface area contributed by atoms with Crippen molar-refractivity contribution >= 4 is 17.2 Å². The summed E-state index contributed by atoms with van der Waals surface area (Å²) >= 11 is 1.16. The number of hydrogen-bond acceptors (Lipinski definition) is 5. The maximum atomic E-state index is 12.3. The number of carbonyl (C=O) groups excluding carboxylic acids is 1. The van der Waals surface area contributed by atoms with Crippen LogP contribution in [0, 0.1) is 6.92 Å². The van der Waals surface area contributed by atoms with Crippen LogP contribution >= 0.6 is 11.3 Å². The molecular weight excluding hydrogens is 300 g/mol. The average Bonchev–Trinajstić information content (AvgIpc) is 2.80. The lowest BCUT2D eigenvalue weighted by Gasteiger charge is -2.27. The third kappa shape index (κ3) is 4.90. The Hall–Kier alpha value is -1.25. The van der Waals surface area contributed by atoms with Crippen LogP contribution in [-0.4, -0.2) is 56.7 Å². The molecular formula is C13H19F2N3O2S. The molecule has 1 aromatic heterocycles. The first-order valence-electron chi connectivity index (χ1n) is 6.83. The average molecular weight is 319 g/mol. The van der Waals surface area contributed by atoms with Gasteiger partial charge in [-0.15, -0.1) is 11.3 Å². The molecule has 1 aliphatic rings. The van der Waals surface area contributed by atoms with Crippen LogP contribution in [0.3, 0.4) is 0 Å². The standard InChI is InChI=1S/C13H19F2N3O2S/c1-9-8-10(20-13(14)15)11(21-9)12(19)17-4-7-18-5-2-16-3-6-18/h8,13,16H,2-7H2,1H3,(H,17,19). The maximum absolute atomic E-state index is 12.3. The number of rotatable bonds is 6. The Bertz CT molecular complexity index is 476. The number of amides is 1. The molecule has 1 amide bonds. The Balaban J connectivity index is 1.84. The Morgan fingerprint density at radius 2 is 2.24 bits per heavy atom.